The van der Waals surface area contributed by atoms with Crippen LogP contribution in [0, 0.1) is 0 Å². The van der Waals surface area contributed by atoms with Crippen molar-refractivity contribution in [2.24, 2.45) is 5.73 Å². The number of carbonyl (C=O) groups is 3. The van der Waals surface area contributed by atoms with E-state index in [1.165, 1.54) is 42.6 Å². The van der Waals surface area contributed by atoms with E-state index in [-0.39, 0.29) is 27.9 Å². The van der Waals surface area contributed by atoms with Crippen molar-refractivity contribution in [2.75, 3.05) is 17.4 Å². The summed E-state index contributed by atoms with van der Waals surface area (Å²) in [6.07, 6.45) is 1.27. The predicted molar refractivity (Wildman–Crippen MR) is 156 cm³/mol. The van der Waals surface area contributed by atoms with Crippen molar-refractivity contribution in [3.8, 4) is 0 Å². The molecule has 0 aliphatic heterocycles. The summed E-state index contributed by atoms with van der Waals surface area (Å²) in [6, 6.07) is 25.0. The SMILES string of the molecule is NCCCNC(=O)c1ccc(N(C(=O)OCc2ccccc2Cc2ccccc2)S(=O)(=O)OC(=O)c2ccc[nH]2)cc1. The van der Waals surface area contributed by atoms with Gasteiger partial charge < -0.3 is 25.0 Å². The number of ether oxygens (including phenoxy) is 1. The quantitative estimate of drug-likeness (QED) is 0.209. The smallest absolute Gasteiger partial charge is 0.431 e. The predicted octanol–water partition coefficient (Wildman–Crippen LogP) is 3.93. The molecular formula is C30H30N4O7S. The van der Waals surface area contributed by atoms with E-state index >= 15 is 0 Å². The number of benzene rings is 3. The molecule has 1 aromatic heterocycles. The van der Waals surface area contributed by atoms with Crippen LogP contribution in [0.3, 0.4) is 0 Å². The Balaban J connectivity index is 1.57. The van der Waals surface area contributed by atoms with Crippen LogP contribution in [0.1, 0.15) is 44.0 Å². The molecule has 42 heavy (non-hydrogen) atoms. The molecule has 0 bridgehead atoms. The number of H-pyrrole nitrogens is 1. The Labute approximate surface area is 243 Å². The number of carbonyl (C=O) groups excluding carboxylic acids is 3. The number of amides is 2. The molecule has 4 rings (SSSR count). The summed E-state index contributed by atoms with van der Waals surface area (Å²) < 4.78 is 37.0. The number of aromatic amines is 1. The van der Waals surface area contributed by atoms with Gasteiger partial charge in [-0.05, 0) is 72.5 Å². The minimum absolute atomic E-state index is 0.133. The summed E-state index contributed by atoms with van der Waals surface area (Å²) in [5, 5.41) is 2.69. The lowest BCUT2D eigenvalue weighted by atomic mass is 10.0. The van der Waals surface area contributed by atoms with Crippen LogP contribution in [0.25, 0.3) is 0 Å². The second-order valence-electron chi connectivity index (χ2n) is 9.11. The molecule has 0 atom stereocenters. The molecule has 0 radical (unpaired) electrons. The molecule has 0 fully saturated rings. The first-order valence-electron chi connectivity index (χ1n) is 13.1. The fraction of sp³-hybridized carbons (Fsp3) is 0.167. The molecule has 3 aromatic carbocycles. The monoisotopic (exact) mass is 590 g/mol. The van der Waals surface area contributed by atoms with Gasteiger partial charge in [0.15, 0.2) is 0 Å². The van der Waals surface area contributed by atoms with Crippen LogP contribution in [-0.4, -0.2) is 44.5 Å². The van der Waals surface area contributed by atoms with Crippen molar-refractivity contribution < 1.29 is 31.7 Å². The largest absolute Gasteiger partial charge is 0.443 e. The van der Waals surface area contributed by atoms with Gasteiger partial charge in [0, 0.05) is 18.3 Å². The van der Waals surface area contributed by atoms with Gasteiger partial charge in [-0.15, -0.1) is 4.31 Å². The van der Waals surface area contributed by atoms with Crippen LogP contribution < -0.4 is 15.4 Å². The van der Waals surface area contributed by atoms with Gasteiger partial charge >= 0.3 is 22.4 Å². The highest BCUT2D eigenvalue weighted by Crippen LogP contribution is 2.23. The molecule has 0 aliphatic carbocycles. The van der Waals surface area contributed by atoms with E-state index in [1.54, 1.807) is 12.1 Å². The van der Waals surface area contributed by atoms with Gasteiger partial charge in [-0.25, -0.2) is 9.59 Å². The zero-order valence-corrected chi connectivity index (χ0v) is 23.4. The van der Waals surface area contributed by atoms with Crippen LogP contribution in [0.5, 0.6) is 0 Å². The zero-order chi connectivity index (χ0) is 30.0. The van der Waals surface area contributed by atoms with E-state index in [2.05, 4.69) is 10.3 Å². The van der Waals surface area contributed by atoms with Crippen molar-refractivity contribution >= 4 is 34.0 Å². The third kappa shape index (κ3) is 7.83. The van der Waals surface area contributed by atoms with Gasteiger partial charge in [-0.3, -0.25) is 4.79 Å². The van der Waals surface area contributed by atoms with Crippen LogP contribution in [-0.2, 0) is 32.3 Å². The Kier molecular flexibility index (Phi) is 10.1. The van der Waals surface area contributed by atoms with Crippen LogP contribution in [0.4, 0.5) is 10.5 Å². The fourth-order valence-electron chi connectivity index (χ4n) is 4.00. The maximum absolute atomic E-state index is 13.3. The van der Waals surface area contributed by atoms with E-state index in [1.807, 2.05) is 42.5 Å². The van der Waals surface area contributed by atoms with E-state index in [0.29, 0.717) is 31.5 Å². The topological polar surface area (TPSA) is 161 Å². The van der Waals surface area contributed by atoms with Crippen LogP contribution in [0.2, 0.25) is 0 Å². The summed E-state index contributed by atoms with van der Waals surface area (Å²) in [5.41, 5.74) is 7.94. The zero-order valence-electron chi connectivity index (χ0n) is 22.6. The van der Waals surface area contributed by atoms with Gasteiger partial charge in [0.05, 0.1) is 5.69 Å². The number of rotatable bonds is 12. The summed E-state index contributed by atoms with van der Waals surface area (Å²) >= 11 is 0. The molecule has 11 nitrogen and oxygen atoms in total. The van der Waals surface area contributed by atoms with Gasteiger partial charge in [0.2, 0.25) is 0 Å². The highest BCUT2D eigenvalue weighted by molar-refractivity contribution is 7.89. The number of hydrogen-bond acceptors (Lipinski definition) is 8. The molecule has 0 unspecified atom stereocenters. The molecule has 12 heteroatoms. The fourth-order valence-corrected chi connectivity index (χ4v) is 4.97. The number of nitrogens with zero attached hydrogens (tertiary/aromatic N) is 1. The average molecular weight is 591 g/mol. The molecular weight excluding hydrogens is 560 g/mol. The molecule has 0 saturated heterocycles. The molecule has 0 aliphatic rings. The lowest BCUT2D eigenvalue weighted by molar-refractivity contribution is 0.0740. The first-order valence-corrected chi connectivity index (χ1v) is 14.4. The summed E-state index contributed by atoms with van der Waals surface area (Å²) in [4.78, 5) is 40.7. The molecule has 1 heterocycles. The van der Waals surface area contributed by atoms with Crippen LogP contribution in [0.15, 0.2) is 97.2 Å². The molecule has 4 aromatic rings. The minimum atomic E-state index is -5.04. The van der Waals surface area contributed by atoms with Crippen molar-refractivity contribution in [2.45, 2.75) is 19.4 Å². The Hall–Kier alpha value is -4.94. The van der Waals surface area contributed by atoms with E-state index < -0.39 is 28.3 Å². The number of anilines is 1. The first-order chi connectivity index (χ1) is 20.3. The lowest BCUT2D eigenvalue weighted by Crippen LogP contribution is -2.39. The second kappa shape index (κ2) is 14.1. The Morgan fingerprint density at radius 1 is 0.857 bits per heavy atom. The molecule has 2 amide bonds. The van der Waals surface area contributed by atoms with E-state index in [9.17, 15) is 22.8 Å². The van der Waals surface area contributed by atoms with Gasteiger partial charge in [0.1, 0.15) is 12.3 Å². The first kappa shape index (κ1) is 30.0. The second-order valence-corrected chi connectivity index (χ2v) is 10.5. The van der Waals surface area contributed by atoms with Gasteiger partial charge in [0.25, 0.3) is 5.91 Å². The normalized spacial score (nSPS) is 11.0. The summed E-state index contributed by atoms with van der Waals surface area (Å²) in [7, 11) is -5.04. The van der Waals surface area contributed by atoms with Crippen molar-refractivity contribution in [1.82, 2.24) is 10.3 Å². The minimum Gasteiger partial charge on any atom is -0.443 e. The Bertz CT molecular complexity index is 1610. The molecule has 0 spiro atoms. The van der Waals surface area contributed by atoms with Crippen molar-refractivity contribution in [1.29, 1.82) is 0 Å². The van der Waals surface area contributed by atoms with E-state index in [0.717, 1.165) is 11.1 Å². The van der Waals surface area contributed by atoms with Gasteiger partial charge in [-0.2, -0.15) is 8.42 Å². The summed E-state index contributed by atoms with van der Waals surface area (Å²) in [6.45, 7) is 0.524. The van der Waals surface area contributed by atoms with E-state index in [4.69, 9.17) is 14.7 Å². The highest BCUT2D eigenvalue weighted by atomic mass is 32.2. The lowest BCUT2D eigenvalue weighted by Gasteiger charge is -2.21. The number of aromatic nitrogens is 1. The average Bonchev–Trinajstić information content (AvgIpc) is 3.53. The van der Waals surface area contributed by atoms with Crippen molar-refractivity contribution in [3.05, 3.63) is 125 Å². The van der Waals surface area contributed by atoms with Crippen molar-refractivity contribution in [3.63, 3.8) is 0 Å². The maximum Gasteiger partial charge on any atom is 0.431 e. The third-order valence-corrected chi connectivity index (χ3v) is 7.29. The highest BCUT2D eigenvalue weighted by Gasteiger charge is 2.35. The number of hydrogen-bond donors (Lipinski definition) is 3. The maximum atomic E-state index is 13.3. The molecule has 0 saturated carbocycles. The standard InChI is InChI=1S/C30H30N4O7S/c31-17-7-19-33-28(35)23-13-15-26(16-14-23)34(42(38,39)41-29(36)27-12-6-18-32-27)30(37)40-21-25-11-5-4-10-24(25)20-22-8-2-1-3-9-22/h1-6,8-16,18,32H,7,17,19-21,31H2,(H,33,35). The molecule has 218 valence electrons. The number of nitrogens with one attached hydrogen (secondary N) is 2. The Morgan fingerprint density at radius 3 is 2.21 bits per heavy atom. The summed E-state index contributed by atoms with van der Waals surface area (Å²) in [5.74, 6) is -1.62. The molecule has 4 N–H and O–H groups in total. The Morgan fingerprint density at radius 2 is 1.55 bits per heavy atom. The third-order valence-electron chi connectivity index (χ3n) is 6.13. The van der Waals surface area contributed by atoms with Gasteiger partial charge in [-0.1, -0.05) is 54.6 Å². The number of nitrogens with two attached hydrogens (primary N) is 1. The van der Waals surface area contributed by atoms with Crippen LogP contribution >= 0.6 is 0 Å².